The van der Waals surface area contributed by atoms with Gasteiger partial charge in [-0.2, -0.15) is 4.73 Å². The van der Waals surface area contributed by atoms with Crippen molar-refractivity contribution in [3.05, 3.63) is 30.0 Å². The van der Waals surface area contributed by atoms with Crippen molar-refractivity contribution in [1.29, 1.82) is 0 Å². The van der Waals surface area contributed by atoms with Crippen LogP contribution >= 0.6 is 0 Å². The molecular weight excluding hydrogens is 148 g/mol. The van der Waals surface area contributed by atoms with Gasteiger partial charge in [-0.25, -0.2) is 0 Å². The van der Waals surface area contributed by atoms with Crippen LogP contribution in [0.4, 0.5) is 0 Å². The molecule has 0 fully saturated rings. The fourth-order valence-corrected chi connectivity index (χ4v) is 0.308. The standard InChI is InChI=1S/C4H4N2O.C2H4O2/c7-6-3-1-5-2-4-6;1-2(3)4/h1-4H;1H3,(H,3,4). The molecule has 1 heterocycles. The van der Waals surface area contributed by atoms with Crippen molar-refractivity contribution in [1.82, 2.24) is 4.98 Å². The molecule has 0 aliphatic heterocycles. The van der Waals surface area contributed by atoms with Crippen LogP contribution in [0.3, 0.4) is 0 Å². The molecule has 0 radical (unpaired) electrons. The summed E-state index contributed by atoms with van der Waals surface area (Å²) in [6.45, 7) is 1.08. The van der Waals surface area contributed by atoms with E-state index in [4.69, 9.17) is 9.90 Å². The summed E-state index contributed by atoms with van der Waals surface area (Å²) >= 11 is 0. The molecule has 0 saturated heterocycles. The van der Waals surface area contributed by atoms with Crippen LogP contribution < -0.4 is 4.73 Å². The zero-order chi connectivity index (χ0) is 8.69. The van der Waals surface area contributed by atoms with Crippen LogP contribution in [-0.4, -0.2) is 16.1 Å². The summed E-state index contributed by atoms with van der Waals surface area (Å²) in [7, 11) is 0. The van der Waals surface area contributed by atoms with E-state index in [-0.39, 0.29) is 0 Å². The van der Waals surface area contributed by atoms with E-state index in [2.05, 4.69) is 4.98 Å². The summed E-state index contributed by atoms with van der Waals surface area (Å²) in [5.41, 5.74) is 0. The number of rotatable bonds is 0. The third kappa shape index (κ3) is 8.35. The summed E-state index contributed by atoms with van der Waals surface area (Å²) < 4.78 is 0.688. The van der Waals surface area contributed by atoms with Gasteiger partial charge in [0.05, 0.1) is 12.4 Å². The van der Waals surface area contributed by atoms with Gasteiger partial charge in [-0.3, -0.25) is 9.78 Å². The Labute approximate surface area is 63.5 Å². The van der Waals surface area contributed by atoms with Crippen molar-refractivity contribution in [3.63, 3.8) is 0 Å². The van der Waals surface area contributed by atoms with Gasteiger partial charge >= 0.3 is 0 Å². The second-order valence-corrected chi connectivity index (χ2v) is 1.62. The van der Waals surface area contributed by atoms with E-state index >= 15 is 0 Å². The lowest BCUT2D eigenvalue weighted by Gasteiger charge is -1.87. The first-order valence-corrected chi connectivity index (χ1v) is 2.81. The SMILES string of the molecule is CC(=O)O.[O-][n+]1ccncc1. The minimum atomic E-state index is -0.833. The van der Waals surface area contributed by atoms with E-state index in [0.717, 1.165) is 6.92 Å². The predicted octanol–water partition coefficient (Wildman–Crippen LogP) is -0.194. The molecule has 1 N–H and O–H groups in total. The van der Waals surface area contributed by atoms with E-state index in [1.54, 1.807) is 0 Å². The predicted molar refractivity (Wildman–Crippen MR) is 36.5 cm³/mol. The smallest absolute Gasteiger partial charge is 0.300 e. The lowest BCUT2D eigenvalue weighted by molar-refractivity contribution is -0.606. The number of hydrogen-bond acceptors (Lipinski definition) is 3. The molecule has 0 aliphatic rings. The molecule has 1 aromatic rings. The average molecular weight is 156 g/mol. The van der Waals surface area contributed by atoms with Crippen molar-refractivity contribution in [2.45, 2.75) is 6.92 Å². The Bertz CT molecular complexity index is 208. The van der Waals surface area contributed by atoms with Gasteiger partial charge in [0, 0.05) is 6.92 Å². The van der Waals surface area contributed by atoms with E-state index in [1.165, 1.54) is 24.8 Å². The Balaban J connectivity index is 0.000000218. The molecule has 0 spiro atoms. The highest BCUT2D eigenvalue weighted by atomic mass is 16.5. The Kier molecular flexibility index (Phi) is 4.39. The highest BCUT2D eigenvalue weighted by Crippen LogP contribution is 1.63. The molecule has 0 saturated carbocycles. The highest BCUT2D eigenvalue weighted by Gasteiger charge is 1.76. The fourth-order valence-electron chi connectivity index (χ4n) is 0.308. The van der Waals surface area contributed by atoms with Gasteiger partial charge < -0.3 is 10.3 Å². The van der Waals surface area contributed by atoms with E-state index < -0.39 is 5.97 Å². The Morgan fingerprint density at radius 3 is 2.09 bits per heavy atom. The van der Waals surface area contributed by atoms with Crippen LogP contribution in [0.15, 0.2) is 24.8 Å². The van der Waals surface area contributed by atoms with Crippen molar-refractivity contribution in [2.75, 3.05) is 0 Å². The minimum absolute atomic E-state index is 0.688. The zero-order valence-corrected chi connectivity index (χ0v) is 5.97. The Morgan fingerprint density at radius 1 is 1.55 bits per heavy atom. The fraction of sp³-hybridized carbons (Fsp3) is 0.167. The van der Waals surface area contributed by atoms with Crippen LogP contribution in [-0.2, 0) is 4.79 Å². The number of carboxylic acids is 1. The molecule has 0 bridgehead atoms. The lowest BCUT2D eigenvalue weighted by atomic mass is 10.8. The molecule has 0 aliphatic carbocycles. The topological polar surface area (TPSA) is 77.1 Å². The molecule has 1 rings (SSSR count). The summed E-state index contributed by atoms with van der Waals surface area (Å²) in [5, 5.41) is 17.6. The molecule has 0 atom stereocenters. The van der Waals surface area contributed by atoms with Crippen molar-refractivity contribution >= 4 is 5.97 Å². The van der Waals surface area contributed by atoms with E-state index in [0.29, 0.717) is 4.73 Å². The molecule has 5 heteroatoms. The second kappa shape index (κ2) is 5.16. The maximum atomic E-state index is 10.1. The average Bonchev–Trinajstić information content (AvgIpc) is 1.87. The van der Waals surface area contributed by atoms with Crippen molar-refractivity contribution in [2.24, 2.45) is 0 Å². The maximum absolute atomic E-state index is 10.1. The number of carbonyl (C=O) groups is 1. The number of carboxylic acid groups (broad SMARTS) is 1. The molecule has 0 aromatic carbocycles. The lowest BCUT2D eigenvalue weighted by Crippen LogP contribution is -2.23. The minimum Gasteiger partial charge on any atom is -0.619 e. The van der Waals surface area contributed by atoms with Gasteiger partial charge in [-0.05, 0) is 0 Å². The van der Waals surface area contributed by atoms with Crippen LogP contribution in [0.5, 0.6) is 0 Å². The number of aliphatic carboxylic acids is 1. The molecule has 60 valence electrons. The maximum Gasteiger partial charge on any atom is 0.300 e. The van der Waals surface area contributed by atoms with E-state index in [9.17, 15) is 5.21 Å². The first kappa shape index (κ1) is 9.35. The summed E-state index contributed by atoms with van der Waals surface area (Å²) in [6.07, 6.45) is 5.54. The van der Waals surface area contributed by atoms with Gasteiger partial charge in [0.25, 0.3) is 5.97 Å². The van der Waals surface area contributed by atoms with Crippen molar-refractivity contribution in [3.8, 4) is 0 Å². The van der Waals surface area contributed by atoms with Crippen molar-refractivity contribution < 1.29 is 14.6 Å². The quantitative estimate of drug-likeness (QED) is 0.417. The van der Waals surface area contributed by atoms with Gasteiger partial charge in [0.1, 0.15) is 0 Å². The summed E-state index contributed by atoms with van der Waals surface area (Å²) in [6, 6.07) is 0. The normalized spacial score (nSPS) is 7.73. The summed E-state index contributed by atoms with van der Waals surface area (Å²) in [5.74, 6) is -0.833. The summed E-state index contributed by atoms with van der Waals surface area (Å²) in [4.78, 5) is 12.6. The van der Waals surface area contributed by atoms with Crippen LogP contribution in [0.1, 0.15) is 6.92 Å². The van der Waals surface area contributed by atoms with Gasteiger partial charge in [-0.1, -0.05) is 0 Å². The third-order valence-corrected chi connectivity index (χ3v) is 0.599. The first-order chi connectivity index (χ1) is 5.13. The monoisotopic (exact) mass is 156 g/mol. The molecule has 0 unspecified atom stereocenters. The zero-order valence-electron chi connectivity index (χ0n) is 5.97. The van der Waals surface area contributed by atoms with Crippen LogP contribution in [0, 0.1) is 5.21 Å². The Morgan fingerprint density at radius 2 is 1.91 bits per heavy atom. The molecule has 0 amide bonds. The Hall–Kier alpha value is -1.65. The third-order valence-electron chi connectivity index (χ3n) is 0.599. The second-order valence-electron chi connectivity index (χ2n) is 1.62. The highest BCUT2D eigenvalue weighted by molar-refractivity contribution is 5.62. The molecule has 11 heavy (non-hydrogen) atoms. The number of hydrogen-bond donors (Lipinski definition) is 1. The van der Waals surface area contributed by atoms with Crippen LogP contribution in [0.25, 0.3) is 0 Å². The molecule has 1 aromatic heterocycles. The first-order valence-electron chi connectivity index (χ1n) is 2.81. The van der Waals surface area contributed by atoms with Crippen LogP contribution in [0.2, 0.25) is 0 Å². The number of aromatic nitrogens is 2. The molecule has 5 nitrogen and oxygen atoms in total. The van der Waals surface area contributed by atoms with Gasteiger partial charge in [0.15, 0.2) is 12.4 Å². The van der Waals surface area contributed by atoms with E-state index in [1.807, 2.05) is 0 Å². The molecular formula is C6H8N2O3. The number of nitrogens with zero attached hydrogens (tertiary/aromatic N) is 2. The van der Waals surface area contributed by atoms with Gasteiger partial charge in [-0.15, -0.1) is 0 Å². The largest absolute Gasteiger partial charge is 0.619 e. The van der Waals surface area contributed by atoms with Gasteiger partial charge in [0.2, 0.25) is 0 Å².